The molecule has 2 saturated carbocycles. The number of hydrogen-bond acceptors (Lipinski definition) is 10. The number of rotatable bonds is 7. The summed E-state index contributed by atoms with van der Waals surface area (Å²) in [6.45, 7) is 21.0. The van der Waals surface area contributed by atoms with Gasteiger partial charge in [-0.05, 0) is 42.7 Å². The van der Waals surface area contributed by atoms with Gasteiger partial charge in [-0.25, -0.2) is 0 Å². The first-order valence-corrected chi connectivity index (χ1v) is 15.2. The Hall–Kier alpha value is -3.17. The average Bonchev–Trinajstić information content (AvgIpc) is 2.87. The fraction of sp³-hybridized carbons (Fsp3) is 0.727. The van der Waals surface area contributed by atoms with Crippen LogP contribution in [0.5, 0.6) is 0 Å². The van der Waals surface area contributed by atoms with Crippen molar-refractivity contribution in [3.05, 3.63) is 23.3 Å². The van der Waals surface area contributed by atoms with Crippen molar-refractivity contribution < 1.29 is 47.7 Å². The van der Waals surface area contributed by atoms with Gasteiger partial charge in [0.15, 0.2) is 12.2 Å². The highest BCUT2D eigenvalue weighted by Crippen LogP contribution is 2.61. The SMILES string of the molecule is C=C1C(OC(C)=O)CC(OC(C)=O)[C@@]2(C)C(OC(C)=O)C(OC(C)=O)C3=C(C)CC[C@@H](C(OC(=O)C(C)CC)[C@H]12)C3(C)C. The summed E-state index contributed by atoms with van der Waals surface area (Å²) in [4.78, 5) is 63.9. The zero-order valence-electron chi connectivity index (χ0n) is 27.2. The third kappa shape index (κ3) is 6.53. The predicted molar refractivity (Wildman–Crippen MR) is 156 cm³/mol. The Bertz CT molecular complexity index is 1200. The van der Waals surface area contributed by atoms with Crippen molar-refractivity contribution >= 4 is 29.8 Å². The van der Waals surface area contributed by atoms with Gasteiger partial charge in [0.1, 0.15) is 18.3 Å². The zero-order valence-corrected chi connectivity index (χ0v) is 27.2. The second-order valence-corrected chi connectivity index (χ2v) is 13.2. The summed E-state index contributed by atoms with van der Waals surface area (Å²) in [6.07, 6.45) is -3.07. The fourth-order valence-corrected chi connectivity index (χ4v) is 7.77. The highest BCUT2D eigenvalue weighted by molar-refractivity contribution is 5.72. The first-order valence-electron chi connectivity index (χ1n) is 15.2. The van der Waals surface area contributed by atoms with Gasteiger partial charge >= 0.3 is 29.8 Å². The van der Waals surface area contributed by atoms with Gasteiger partial charge in [-0.3, -0.25) is 24.0 Å². The van der Waals surface area contributed by atoms with E-state index in [-0.39, 0.29) is 12.3 Å². The highest BCUT2D eigenvalue weighted by Gasteiger charge is 2.67. The molecule has 3 aliphatic carbocycles. The Morgan fingerprint density at radius 2 is 1.44 bits per heavy atom. The lowest BCUT2D eigenvalue weighted by atomic mass is 9.48. The van der Waals surface area contributed by atoms with Crippen LogP contribution in [0.2, 0.25) is 0 Å². The summed E-state index contributed by atoms with van der Waals surface area (Å²) in [5.41, 5.74) is 0.184. The Labute approximate surface area is 254 Å². The molecule has 0 radical (unpaired) electrons. The van der Waals surface area contributed by atoms with E-state index < -0.39 is 83.0 Å². The molecule has 9 atom stereocenters. The maximum Gasteiger partial charge on any atom is 0.308 e. The largest absolute Gasteiger partial charge is 0.462 e. The van der Waals surface area contributed by atoms with E-state index in [2.05, 4.69) is 6.58 Å². The number of esters is 5. The van der Waals surface area contributed by atoms with Gasteiger partial charge in [-0.15, -0.1) is 0 Å². The van der Waals surface area contributed by atoms with Crippen LogP contribution in [0.15, 0.2) is 23.3 Å². The van der Waals surface area contributed by atoms with Crippen LogP contribution in [-0.2, 0) is 47.7 Å². The van der Waals surface area contributed by atoms with Crippen LogP contribution in [0, 0.1) is 28.6 Å². The molecule has 0 aromatic carbocycles. The van der Waals surface area contributed by atoms with E-state index in [1.165, 1.54) is 27.7 Å². The monoisotopic (exact) mass is 604 g/mol. The van der Waals surface area contributed by atoms with E-state index in [1.54, 1.807) is 13.8 Å². The van der Waals surface area contributed by atoms with Crippen molar-refractivity contribution in [2.75, 3.05) is 0 Å². The van der Waals surface area contributed by atoms with Crippen molar-refractivity contribution in [3.8, 4) is 0 Å². The molecule has 0 aliphatic heterocycles. The van der Waals surface area contributed by atoms with Gasteiger partial charge in [0, 0.05) is 46.0 Å². The van der Waals surface area contributed by atoms with Crippen molar-refractivity contribution in [1.29, 1.82) is 0 Å². The molecule has 0 spiro atoms. The number of carbonyl (C=O) groups is 5. The summed E-state index contributed by atoms with van der Waals surface area (Å²) in [5, 5.41) is 0. The zero-order chi connectivity index (χ0) is 32.6. The second kappa shape index (κ2) is 12.8. The van der Waals surface area contributed by atoms with Gasteiger partial charge in [0.05, 0.1) is 11.3 Å². The normalized spacial score (nSPS) is 34.0. The lowest BCUT2D eigenvalue weighted by molar-refractivity contribution is -0.229. The van der Waals surface area contributed by atoms with Crippen molar-refractivity contribution in [3.63, 3.8) is 0 Å². The Balaban J connectivity index is 2.47. The summed E-state index contributed by atoms with van der Waals surface area (Å²) >= 11 is 0. The van der Waals surface area contributed by atoms with Gasteiger partial charge < -0.3 is 23.7 Å². The molecule has 0 aromatic rings. The van der Waals surface area contributed by atoms with Crippen LogP contribution in [0.25, 0.3) is 0 Å². The molecule has 43 heavy (non-hydrogen) atoms. The smallest absolute Gasteiger partial charge is 0.308 e. The molecule has 2 bridgehead atoms. The standard InChI is InChI=1S/C33H48O10/c1-12-16(2)31(38)43-28-23-14-13-17(3)26(32(23,9)10)29(41-21(7)36)30(42-22(8)37)33(11)25(40-20(6)35)15-24(39-19(5)34)18(4)27(28)33/h16,23-25,27-30H,4,12-15H2,1-3,5-11H3/t16?,23-,24?,25?,27-,28?,29?,30?,33+/m0/s1. The molecule has 0 amide bonds. The number of allylic oxidation sites excluding steroid dienone is 1. The third-order valence-corrected chi connectivity index (χ3v) is 9.88. The van der Waals surface area contributed by atoms with Crippen LogP contribution < -0.4 is 0 Å². The van der Waals surface area contributed by atoms with Crippen molar-refractivity contribution in [1.82, 2.24) is 0 Å². The quantitative estimate of drug-likeness (QED) is 0.222. The van der Waals surface area contributed by atoms with E-state index in [9.17, 15) is 24.0 Å². The maximum absolute atomic E-state index is 13.6. The molecule has 3 aliphatic rings. The predicted octanol–water partition coefficient (Wildman–Crippen LogP) is 5.02. The molecular weight excluding hydrogens is 556 g/mol. The molecule has 0 aromatic heterocycles. The van der Waals surface area contributed by atoms with Crippen LogP contribution in [0.1, 0.15) is 94.9 Å². The lowest BCUT2D eigenvalue weighted by Crippen LogP contribution is -2.68. The average molecular weight is 605 g/mol. The molecule has 10 nitrogen and oxygen atoms in total. The van der Waals surface area contributed by atoms with Crippen molar-refractivity contribution in [2.45, 2.75) is 125 Å². The molecule has 0 heterocycles. The fourth-order valence-electron chi connectivity index (χ4n) is 7.77. The molecule has 0 N–H and O–H groups in total. The van der Waals surface area contributed by atoms with Crippen LogP contribution in [0.3, 0.4) is 0 Å². The Morgan fingerprint density at radius 1 is 0.884 bits per heavy atom. The minimum absolute atomic E-state index is 0.0215. The van der Waals surface area contributed by atoms with Gasteiger partial charge in [-0.1, -0.05) is 46.8 Å². The third-order valence-electron chi connectivity index (χ3n) is 9.88. The Morgan fingerprint density at radius 3 is 1.95 bits per heavy atom. The van der Waals surface area contributed by atoms with Gasteiger partial charge in [-0.2, -0.15) is 0 Å². The lowest BCUT2D eigenvalue weighted by Gasteiger charge is -2.61. The summed E-state index contributed by atoms with van der Waals surface area (Å²) in [5.74, 6) is -4.28. The van der Waals surface area contributed by atoms with Crippen LogP contribution in [-0.4, -0.2) is 60.4 Å². The molecular formula is C33H48O10. The number of ether oxygens (including phenoxy) is 5. The molecule has 6 unspecified atom stereocenters. The summed E-state index contributed by atoms with van der Waals surface area (Å²) in [7, 11) is 0. The van der Waals surface area contributed by atoms with Crippen LogP contribution >= 0.6 is 0 Å². The topological polar surface area (TPSA) is 132 Å². The van der Waals surface area contributed by atoms with E-state index in [4.69, 9.17) is 23.7 Å². The van der Waals surface area contributed by atoms with E-state index in [0.717, 1.165) is 11.1 Å². The molecule has 0 saturated heterocycles. The maximum atomic E-state index is 13.6. The summed E-state index contributed by atoms with van der Waals surface area (Å²) in [6, 6.07) is 0. The second-order valence-electron chi connectivity index (χ2n) is 13.2. The first kappa shape index (κ1) is 34.3. The van der Waals surface area contributed by atoms with Crippen molar-refractivity contribution in [2.24, 2.45) is 28.6 Å². The molecule has 240 valence electrons. The van der Waals surface area contributed by atoms with Crippen LogP contribution in [0.4, 0.5) is 0 Å². The first-order chi connectivity index (χ1) is 19.9. The van der Waals surface area contributed by atoms with E-state index in [0.29, 0.717) is 24.8 Å². The molecule has 3 rings (SSSR count). The molecule has 10 heteroatoms. The molecule has 2 fully saturated rings. The number of hydrogen-bond donors (Lipinski definition) is 0. The number of fused-ring (bicyclic) bond motifs is 3. The van der Waals surface area contributed by atoms with Gasteiger partial charge in [0.2, 0.25) is 0 Å². The summed E-state index contributed by atoms with van der Waals surface area (Å²) < 4.78 is 30.3. The van der Waals surface area contributed by atoms with E-state index >= 15 is 0 Å². The number of carbonyl (C=O) groups excluding carboxylic acids is 5. The van der Waals surface area contributed by atoms with Gasteiger partial charge in [0.25, 0.3) is 0 Å². The minimum atomic E-state index is -1.33. The minimum Gasteiger partial charge on any atom is -0.462 e. The van der Waals surface area contributed by atoms with E-state index in [1.807, 2.05) is 27.7 Å². The highest BCUT2D eigenvalue weighted by atomic mass is 16.6. The Kier molecular flexibility index (Phi) is 10.2.